The molecule has 0 aromatic rings. The van der Waals surface area contributed by atoms with E-state index in [0.717, 1.165) is 11.8 Å². The Balaban J connectivity index is 2.07. The molecule has 18 heavy (non-hydrogen) atoms. The topological polar surface area (TPSA) is 18.5 Å². The Morgan fingerprint density at radius 3 is 2.56 bits per heavy atom. The molecule has 0 aliphatic carbocycles. The van der Waals surface area contributed by atoms with E-state index >= 15 is 0 Å². The number of nitrogens with one attached hydrogen (secondary N) is 1. The summed E-state index contributed by atoms with van der Waals surface area (Å²) in [4.78, 5) is 4.76. The highest BCUT2D eigenvalue weighted by atomic mass is 15.1. The van der Waals surface area contributed by atoms with Crippen LogP contribution in [-0.4, -0.2) is 63.7 Å². The van der Waals surface area contributed by atoms with Crippen molar-refractivity contribution >= 4 is 0 Å². The maximum absolute atomic E-state index is 3.53. The average molecular weight is 255 g/mol. The van der Waals surface area contributed by atoms with Gasteiger partial charge < -0.3 is 15.1 Å². The summed E-state index contributed by atoms with van der Waals surface area (Å²) in [5.74, 6) is 1.78. The van der Waals surface area contributed by atoms with Crippen LogP contribution in [0.4, 0.5) is 0 Å². The van der Waals surface area contributed by atoms with Crippen LogP contribution in [0.15, 0.2) is 0 Å². The van der Waals surface area contributed by atoms with Gasteiger partial charge in [-0.05, 0) is 91.4 Å². The molecule has 1 heterocycles. The van der Waals surface area contributed by atoms with Crippen LogP contribution in [0.5, 0.6) is 0 Å². The summed E-state index contributed by atoms with van der Waals surface area (Å²) in [6, 6.07) is 0. The standard InChI is InChI=1S/C15H33N3/c1-14(15-7-5-9-16-13-15)8-12-18(4)11-6-10-17(2)3/h14-16H,5-13H2,1-4H3. The molecule has 0 amide bonds. The van der Waals surface area contributed by atoms with Crippen molar-refractivity contribution in [2.75, 3.05) is 53.9 Å². The maximum Gasteiger partial charge on any atom is -0.000960 e. The molecule has 0 saturated carbocycles. The van der Waals surface area contributed by atoms with Gasteiger partial charge in [0.15, 0.2) is 0 Å². The largest absolute Gasteiger partial charge is 0.316 e. The minimum absolute atomic E-state index is 0.870. The summed E-state index contributed by atoms with van der Waals surface area (Å²) in [5.41, 5.74) is 0. The van der Waals surface area contributed by atoms with E-state index in [0.29, 0.717) is 0 Å². The summed E-state index contributed by atoms with van der Waals surface area (Å²) < 4.78 is 0. The van der Waals surface area contributed by atoms with Gasteiger partial charge in [0.05, 0.1) is 0 Å². The van der Waals surface area contributed by atoms with Gasteiger partial charge in [0.1, 0.15) is 0 Å². The fourth-order valence-corrected chi connectivity index (χ4v) is 2.79. The summed E-state index contributed by atoms with van der Waals surface area (Å²) in [5, 5.41) is 3.53. The van der Waals surface area contributed by atoms with Gasteiger partial charge in [0, 0.05) is 0 Å². The minimum Gasteiger partial charge on any atom is -0.316 e. The molecule has 0 radical (unpaired) electrons. The lowest BCUT2D eigenvalue weighted by molar-refractivity contribution is 0.227. The second kappa shape index (κ2) is 8.89. The van der Waals surface area contributed by atoms with E-state index < -0.39 is 0 Å². The molecule has 1 aliphatic rings. The minimum atomic E-state index is 0.870. The van der Waals surface area contributed by atoms with E-state index in [4.69, 9.17) is 0 Å². The van der Waals surface area contributed by atoms with Gasteiger partial charge in [-0.15, -0.1) is 0 Å². The number of nitrogens with zero attached hydrogens (tertiary/aromatic N) is 2. The van der Waals surface area contributed by atoms with Crippen LogP contribution in [0.25, 0.3) is 0 Å². The SMILES string of the molecule is CC(CCN(C)CCCN(C)C)C1CCCNC1. The summed E-state index contributed by atoms with van der Waals surface area (Å²) in [6.07, 6.45) is 5.43. The van der Waals surface area contributed by atoms with Crippen LogP contribution in [0.3, 0.4) is 0 Å². The van der Waals surface area contributed by atoms with Crippen LogP contribution >= 0.6 is 0 Å². The lowest BCUT2D eigenvalue weighted by Crippen LogP contribution is -2.34. The van der Waals surface area contributed by atoms with Crippen LogP contribution in [0.1, 0.15) is 32.6 Å². The molecule has 1 saturated heterocycles. The lowest BCUT2D eigenvalue weighted by Gasteiger charge is -2.29. The van der Waals surface area contributed by atoms with Crippen molar-refractivity contribution in [1.29, 1.82) is 0 Å². The fourth-order valence-electron chi connectivity index (χ4n) is 2.79. The highest BCUT2D eigenvalue weighted by molar-refractivity contribution is 4.74. The molecule has 0 aromatic heterocycles. The maximum atomic E-state index is 3.53. The molecular weight excluding hydrogens is 222 g/mol. The van der Waals surface area contributed by atoms with Gasteiger partial charge in [-0.3, -0.25) is 0 Å². The van der Waals surface area contributed by atoms with Crippen molar-refractivity contribution in [3.8, 4) is 0 Å². The molecule has 3 heteroatoms. The molecule has 1 aliphatic heterocycles. The first kappa shape index (κ1) is 15.9. The van der Waals surface area contributed by atoms with Crippen molar-refractivity contribution < 1.29 is 0 Å². The van der Waals surface area contributed by atoms with Gasteiger partial charge in [-0.2, -0.15) is 0 Å². The summed E-state index contributed by atoms with van der Waals surface area (Å²) >= 11 is 0. The van der Waals surface area contributed by atoms with Crippen LogP contribution < -0.4 is 5.32 Å². The van der Waals surface area contributed by atoms with Crippen molar-refractivity contribution in [2.24, 2.45) is 11.8 Å². The summed E-state index contributed by atoms with van der Waals surface area (Å²) in [6.45, 7) is 8.59. The molecular formula is C15H33N3. The van der Waals surface area contributed by atoms with E-state index in [-0.39, 0.29) is 0 Å². The highest BCUT2D eigenvalue weighted by Gasteiger charge is 2.19. The normalized spacial score (nSPS) is 22.7. The van der Waals surface area contributed by atoms with Gasteiger partial charge in [0.2, 0.25) is 0 Å². The Morgan fingerprint density at radius 2 is 1.94 bits per heavy atom. The van der Waals surface area contributed by atoms with Crippen molar-refractivity contribution in [2.45, 2.75) is 32.6 Å². The highest BCUT2D eigenvalue weighted by Crippen LogP contribution is 2.22. The van der Waals surface area contributed by atoms with Gasteiger partial charge in [-0.1, -0.05) is 6.92 Å². The smallest absolute Gasteiger partial charge is 0.000960 e. The van der Waals surface area contributed by atoms with E-state index in [9.17, 15) is 0 Å². The second-order valence-corrected chi connectivity index (χ2v) is 6.33. The zero-order valence-corrected chi connectivity index (χ0v) is 12.9. The van der Waals surface area contributed by atoms with Crippen molar-refractivity contribution in [3.63, 3.8) is 0 Å². The number of rotatable bonds is 8. The number of hydrogen-bond acceptors (Lipinski definition) is 3. The Hall–Kier alpha value is -0.120. The molecule has 1 N–H and O–H groups in total. The first-order valence-electron chi connectivity index (χ1n) is 7.63. The second-order valence-electron chi connectivity index (χ2n) is 6.33. The molecule has 2 atom stereocenters. The number of hydrogen-bond donors (Lipinski definition) is 1. The molecule has 1 rings (SSSR count). The van der Waals surface area contributed by atoms with E-state index in [2.05, 4.69) is 43.2 Å². The van der Waals surface area contributed by atoms with Gasteiger partial charge in [-0.25, -0.2) is 0 Å². The third kappa shape index (κ3) is 6.72. The zero-order chi connectivity index (χ0) is 13.4. The van der Waals surface area contributed by atoms with Crippen molar-refractivity contribution in [3.05, 3.63) is 0 Å². The first-order valence-corrected chi connectivity index (χ1v) is 7.63. The Bertz CT molecular complexity index is 200. The Labute approximate surface area is 114 Å². The third-order valence-electron chi connectivity index (χ3n) is 4.25. The monoisotopic (exact) mass is 255 g/mol. The Morgan fingerprint density at radius 1 is 1.17 bits per heavy atom. The summed E-state index contributed by atoms with van der Waals surface area (Å²) in [7, 11) is 6.57. The molecule has 108 valence electrons. The Kier molecular flexibility index (Phi) is 7.87. The zero-order valence-electron chi connectivity index (χ0n) is 12.9. The molecule has 0 spiro atoms. The van der Waals surface area contributed by atoms with Crippen LogP contribution in [0.2, 0.25) is 0 Å². The molecule has 0 aromatic carbocycles. The van der Waals surface area contributed by atoms with E-state index in [1.165, 1.54) is 58.4 Å². The number of piperidine rings is 1. The lowest BCUT2D eigenvalue weighted by atomic mass is 9.85. The van der Waals surface area contributed by atoms with Crippen molar-refractivity contribution in [1.82, 2.24) is 15.1 Å². The molecule has 0 bridgehead atoms. The van der Waals surface area contributed by atoms with E-state index in [1.807, 2.05) is 0 Å². The van der Waals surface area contributed by atoms with Gasteiger partial charge >= 0.3 is 0 Å². The average Bonchev–Trinajstić information content (AvgIpc) is 2.36. The van der Waals surface area contributed by atoms with Gasteiger partial charge in [0.25, 0.3) is 0 Å². The first-order chi connectivity index (χ1) is 8.59. The predicted octanol–water partition coefficient (Wildman–Crippen LogP) is 1.90. The molecule has 1 fully saturated rings. The fraction of sp³-hybridized carbons (Fsp3) is 1.00. The van der Waals surface area contributed by atoms with Crippen LogP contribution in [0, 0.1) is 11.8 Å². The quantitative estimate of drug-likeness (QED) is 0.714. The third-order valence-corrected chi connectivity index (χ3v) is 4.25. The van der Waals surface area contributed by atoms with E-state index in [1.54, 1.807) is 0 Å². The molecule has 3 nitrogen and oxygen atoms in total. The predicted molar refractivity (Wildman–Crippen MR) is 80.0 cm³/mol. The molecule has 2 unspecified atom stereocenters. The van der Waals surface area contributed by atoms with Crippen LogP contribution in [-0.2, 0) is 0 Å².